The van der Waals surface area contributed by atoms with E-state index >= 15 is 0 Å². The zero-order chi connectivity index (χ0) is 18.0. The van der Waals surface area contributed by atoms with Gasteiger partial charge in [0.1, 0.15) is 11.4 Å². The van der Waals surface area contributed by atoms with Gasteiger partial charge < -0.3 is 5.73 Å². The van der Waals surface area contributed by atoms with Gasteiger partial charge in [0.2, 0.25) is 5.91 Å². The maximum absolute atomic E-state index is 13.1. The Hall–Kier alpha value is -2.48. The van der Waals surface area contributed by atoms with Gasteiger partial charge in [-0.3, -0.25) is 15.1 Å². The summed E-state index contributed by atoms with van der Waals surface area (Å²) in [4.78, 5) is 15.5. The van der Waals surface area contributed by atoms with Crippen molar-refractivity contribution in [2.24, 2.45) is 5.73 Å². The second-order valence-corrected chi connectivity index (χ2v) is 5.43. The number of primary amides is 1. The van der Waals surface area contributed by atoms with Gasteiger partial charge in [-0.25, -0.2) is 4.39 Å². The summed E-state index contributed by atoms with van der Waals surface area (Å²) in [6.45, 7) is 1.37. The lowest BCUT2D eigenvalue weighted by atomic mass is 9.89. The van der Waals surface area contributed by atoms with E-state index in [1.165, 1.54) is 31.3 Å². The maximum Gasteiger partial charge on any atom is 0.416 e. The Bertz CT molecular complexity index is 748. The van der Waals surface area contributed by atoms with Gasteiger partial charge in [0, 0.05) is 12.7 Å². The third-order valence-electron chi connectivity index (χ3n) is 3.67. The van der Waals surface area contributed by atoms with Crippen molar-refractivity contribution in [3.63, 3.8) is 0 Å². The van der Waals surface area contributed by atoms with Crippen LogP contribution in [0.25, 0.3) is 0 Å². The fourth-order valence-corrected chi connectivity index (χ4v) is 2.17. The molecule has 3 N–H and O–H groups in total. The summed E-state index contributed by atoms with van der Waals surface area (Å²) in [6.07, 6.45) is -2.14. The lowest BCUT2D eigenvalue weighted by molar-refractivity contribution is -0.138. The van der Waals surface area contributed by atoms with Crippen LogP contribution >= 0.6 is 0 Å². The fraction of sp³-hybridized carbons (Fsp3) is 0.250. The molecule has 0 fully saturated rings. The van der Waals surface area contributed by atoms with Crippen LogP contribution in [-0.2, 0) is 23.1 Å². The van der Waals surface area contributed by atoms with Gasteiger partial charge >= 0.3 is 6.18 Å². The molecular formula is C16H15F4N3O. The number of halogens is 4. The summed E-state index contributed by atoms with van der Waals surface area (Å²) in [5.74, 6) is -1.42. The number of hydrogen-bond acceptors (Lipinski definition) is 3. The van der Waals surface area contributed by atoms with E-state index in [0.717, 1.165) is 18.3 Å². The molecule has 0 aliphatic heterocycles. The average molecular weight is 341 g/mol. The smallest absolute Gasteiger partial charge is 0.368 e. The van der Waals surface area contributed by atoms with Crippen LogP contribution in [0.1, 0.15) is 23.6 Å². The topological polar surface area (TPSA) is 68.0 Å². The number of benzene rings is 1. The number of pyridine rings is 1. The molecule has 24 heavy (non-hydrogen) atoms. The van der Waals surface area contributed by atoms with Gasteiger partial charge in [0.15, 0.2) is 0 Å². The van der Waals surface area contributed by atoms with E-state index in [1.54, 1.807) is 0 Å². The van der Waals surface area contributed by atoms with Crippen LogP contribution in [0, 0.1) is 5.82 Å². The molecule has 0 saturated heterocycles. The van der Waals surface area contributed by atoms with E-state index in [9.17, 15) is 22.4 Å². The number of amides is 1. The quantitative estimate of drug-likeness (QED) is 0.822. The van der Waals surface area contributed by atoms with Gasteiger partial charge in [-0.15, -0.1) is 0 Å². The minimum absolute atomic E-state index is 0.000442. The van der Waals surface area contributed by atoms with Crippen molar-refractivity contribution in [1.29, 1.82) is 0 Å². The number of carbonyl (C=O) groups is 1. The second kappa shape index (κ2) is 6.56. The highest BCUT2D eigenvalue weighted by atomic mass is 19.4. The van der Waals surface area contributed by atoms with Crippen molar-refractivity contribution in [1.82, 2.24) is 10.3 Å². The summed E-state index contributed by atoms with van der Waals surface area (Å²) in [7, 11) is 0. The number of alkyl halides is 3. The Labute approximate surface area is 135 Å². The third-order valence-corrected chi connectivity index (χ3v) is 3.67. The Morgan fingerprint density at radius 3 is 2.46 bits per heavy atom. The highest BCUT2D eigenvalue weighted by Gasteiger charge is 2.36. The van der Waals surface area contributed by atoms with E-state index in [-0.39, 0.29) is 12.1 Å². The largest absolute Gasteiger partial charge is 0.416 e. The Kier molecular flexibility index (Phi) is 4.88. The number of rotatable bonds is 5. The Morgan fingerprint density at radius 1 is 1.21 bits per heavy atom. The molecule has 0 bridgehead atoms. The molecule has 4 nitrogen and oxygen atoms in total. The summed E-state index contributed by atoms with van der Waals surface area (Å²) in [5, 5.41) is 2.79. The monoisotopic (exact) mass is 341 g/mol. The van der Waals surface area contributed by atoms with Crippen molar-refractivity contribution in [3.05, 3.63) is 65.2 Å². The minimum Gasteiger partial charge on any atom is -0.368 e. The molecule has 8 heteroatoms. The summed E-state index contributed by atoms with van der Waals surface area (Å²) >= 11 is 0. The first-order valence-corrected chi connectivity index (χ1v) is 6.95. The maximum atomic E-state index is 13.1. The van der Waals surface area contributed by atoms with Crippen molar-refractivity contribution < 1.29 is 22.4 Å². The summed E-state index contributed by atoms with van der Waals surface area (Å²) in [5.41, 5.74) is 3.42. The van der Waals surface area contributed by atoms with Gasteiger partial charge in [0.25, 0.3) is 0 Å². The molecule has 0 radical (unpaired) electrons. The molecule has 1 aromatic heterocycles. The number of nitrogens with one attached hydrogen (secondary N) is 1. The zero-order valence-corrected chi connectivity index (χ0v) is 12.7. The molecule has 0 saturated carbocycles. The van der Waals surface area contributed by atoms with Crippen LogP contribution in [0.4, 0.5) is 17.6 Å². The molecule has 2 aromatic rings. The van der Waals surface area contributed by atoms with Crippen molar-refractivity contribution in [3.8, 4) is 0 Å². The number of aromatic nitrogens is 1. The highest BCUT2D eigenvalue weighted by Crippen LogP contribution is 2.32. The SMILES string of the molecule is CC(NCc1cncc(F)c1)(C(N)=O)c1cccc(C(F)(F)F)c1. The predicted octanol–water partition coefficient (Wildman–Crippen LogP) is 2.73. The van der Waals surface area contributed by atoms with Crippen LogP contribution in [0.3, 0.4) is 0 Å². The Morgan fingerprint density at radius 2 is 1.88 bits per heavy atom. The molecule has 0 aliphatic rings. The molecule has 2 rings (SSSR count). The highest BCUT2D eigenvalue weighted by molar-refractivity contribution is 5.85. The van der Waals surface area contributed by atoms with Gasteiger partial charge in [0.05, 0.1) is 11.8 Å². The normalized spacial score (nSPS) is 14.2. The fourth-order valence-electron chi connectivity index (χ4n) is 2.17. The molecule has 1 amide bonds. The van der Waals surface area contributed by atoms with E-state index in [4.69, 9.17) is 5.73 Å². The van der Waals surface area contributed by atoms with Crippen LogP contribution in [-0.4, -0.2) is 10.9 Å². The van der Waals surface area contributed by atoms with Crippen LogP contribution in [0.15, 0.2) is 42.7 Å². The minimum atomic E-state index is -4.54. The molecule has 1 heterocycles. The molecule has 1 aromatic carbocycles. The van der Waals surface area contributed by atoms with Crippen molar-refractivity contribution in [2.75, 3.05) is 0 Å². The van der Waals surface area contributed by atoms with Crippen molar-refractivity contribution in [2.45, 2.75) is 25.2 Å². The first kappa shape index (κ1) is 17.9. The number of nitrogens with zero attached hydrogens (tertiary/aromatic N) is 1. The van der Waals surface area contributed by atoms with E-state index in [0.29, 0.717) is 5.56 Å². The third kappa shape index (κ3) is 3.88. The van der Waals surface area contributed by atoms with Gasteiger partial charge in [-0.1, -0.05) is 12.1 Å². The average Bonchev–Trinajstić information content (AvgIpc) is 2.52. The lowest BCUT2D eigenvalue weighted by Gasteiger charge is -2.29. The van der Waals surface area contributed by atoms with E-state index < -0.39 is 29.0 Å². The van der Waals surface area contributed by atoms with Crippen LogP contribution in [0.2, 0.25) is 0 Å². The number of hydrogen-bond donors (Lipinski definition) is 2. The number of nitrogens with two attached hydrogens (primary N) is 1. The Balaban J connectivity index is 2.32. The molecule has 0 spiro atoms. The molecule has 1 atom stereocenters. The molecule has 128 valence electrons. The number of carbonyl (C=O) groups excluding carboxylic acids is 1. The lowest BCUT2D eigenvalue weighted by Crippen LogP contribution is -2.50. The molecule has 1 unspecified atom stereocenters. The first-order chi connectivity index (χ1) is 11.1. The molecule has 0 aliphatic carbocycles. The second-order valence-electron chi connectivity index (χ2n) is 5.43. The van der Waals surface area contributed by atoms with Crippen LogP contribution in [0.5, 0.6) is 0 Å². The van der Waals surface area contributed by atoms with E-state index in [2.05, 4.69) is 10.3 Å². The zero-order valence-electron chi connectivity index (χ0n) is 12.7. The summed E-state index contributed by atoms with van der Waals surface area (Å²) < 4.78 is 51.7. The molecular weight excluding hydrogens is 326 g/mol. The van der Waals surface area contributed by atoms with Crippen molar-refractivity contribution >= 4 is 5.91 Å². The van der Waals surface area contributed by atoms with E-state index in [1.807, 2.05) is 0 Å². The summed E-state index contributed by atoms with van der Waals surface area (Å²) in [6, 6.07) is 5.54. The van der Waals surface area contributed by atoms with Crippen LogP contribution < -0.4 is 11.1 Å². The predicted molar refractivity (Wildman–Crippen MR) is 79.0 cm³/mol. The first-order valence-electron chi connectivity index (χ1n) is 6.95. The standard InChI is InChI=1S/C16H15F4N3O/c1-15(14(21)24,23-8-10-5-13(17)9-22-7-10)11-3-2-4-12(6-11)16(18,19)20/h2-7,9,23H,8H2,1H3,(H2,21,24). The van der Waals surface area contributed by atoms with Gasteiger partial charge in [-0.05, 0) is 36.2 Å². The van der Waals surface area contributed by atoms with Gasteiger partial charge in [-0.2, -0.15) is 13.2 Å².